The largest absolute Gasteiger partial charge is 0.459 e. The van der Waals surface area contributed by atoms with Gasteiger partial charge in [0.05, 0.1) is 6.54 Å². The van der Waals surface area contributed by atoms with Crippen LogP contribution in [0.15, 0.2) is 0 Å². The average Bonchev–Trinajstić information content (AvgIpc) is 2.24. The molecule has 112 valence electrons. The number of carbonyl (C=O) groups is 1. The van der Waals surface area contributed by atoms with Gasteiger partial charge in [-0.1, -0.05) is 13.8 Å². The lowest BCUT2D eigenvalue weighted by atomic mass is 10.0. The standard InChI is InChI=1S/C15H30N2O2/c1-12(2)9-16-13-7-6-8-17(10-13)11-14(18)19-15(3,4)5/h12-13,16H,6-11H2,1-5H3. The molecule has 0 aliphatic carbocycles. The van der Waals surface area contributed by atoms with Crippen LogP contribution in [0.2, 0.25) is 0 Å². The third-order valence-electron chi connectivity index (χ3n) is 3.09. The van der Waals surface area contributed by atoms with Crippen LogP contribution in [-0.2, 0) is 9.53 Å². The van der Waals surface area contributed by atoms with Gasteiger partial charge in [0, 0.05) is 12.6 Å². The predicted molar refractivity (Wildman–Crippen MR) is 78.1 cm³/mol. The van der Waals surface area contributed by atoms with E-state index >= 15 is 0 Å². The summed E-state index contributed by atoms with van der Waals surface area (Å²) in [6, 6.07) is 0.513. The fraction of sp³-hybridized carbons (Fsp3) is 0.933. The second-order valence-electron chi connectivity index (χ2n) is 6.96. The van der Waals surface area contributed by atoms with E-state index in [4.69, 9.17) is 4.74 Å². The molecule has 0 radical (unpaired) electrons. The van der Waals surface area contributed by atoms with Crippen LogP contribution >= 0.6 is 0 Å². The van der Waals surface area contributed by atoms with E-state index in [2.05, 4.69) is 24.1 Å². The van der Waals surface area contributed by atoms with Gasteiger partial charge in [0.25, 0.3) is 0 Å². The van der Waals surface area contributed by atoms with Crippen LogP contribution in [0, 0.1) is 5.92 Å². The molecular weight excluding hydrogens is 240 g/mol. The number of piperidine rings is 1. The fourth-order valence-corrected chi connectivity index (χ4v) is 2.32. The Kier molecular flexibility index (Phi) is 6.27. The average molecular weight is 270 g/mol. The number of hydrogen-bond acceptors (Lipinski definition) is 4. The molecule has 0 bridgehead atoms. The minimum atomic E-state index is -0.387. The van der Waals surface area contributed by atoms with Crippen molar-refractivity contribution in [2.75, 3.05) is 26.2 Å². The molecule has 0 spiro atoms. The summed E-state index contributed by atoms with van der Waals surface area (Å²) in [6.07, 6.45) is 2.36. The molecule has 1 rings (SSSR count). The summed E-state index contributed by atoms with van der Waals surface area (Å²) in [5, 5.41) is 3.58. The van der Waals surface area contributed by atoms with E-state index < -0.39 is 0 Å². The first kappa shape index (κ1) is 16.4. The zero-order valence-corrected chi connectivity index (χ0v) is 13.2. The molecule has 1 heterocycles. The molecular formula is C15H30N2O2. The number of rotatable bonds is 5. The highest BCUT2D eigenvalue weighted by atomic mass is 16.6. The van der Waals surface area contributed by atoms with E-state index in [1.165, 1.54) is 6.42 Å². The first-order valence-electron chi connectivity index (χ1n) is 7.44. The van der Waals surface area contributed by atoms with Crippen molar-refractivity contribution in [3.05, 3.63) is 0 Å². The van der Waals surface area contributed by atoms with Gasteiger partial charge in [-0.3, -0.25) is 9.69 Å². The van der Waals surface area contributed by atoms with Gasteiger partial charge in [-0.25, -0.2) is 0 Å². The van der Waals surface area contributed by atoms with Gasteiger partial charge in [0.1, 0.15) is 5.60 Å². The van der Waals surface area contributed by atoms with E-state index in [0.717, 1.165) is 26.1 Å². The zero-order valence-electron chi connectivity index (χ0n) is 13.2. The smallest absolute Gasteiger partial charge is 0.320 e. The van der Waals surface area contributed by atoms with E-state index in [1.54, 1.807) is 0 Å². The summed E-state index contributed by atoms with van der Waals surface area (Å²) < 4.78 is 5.37. The number of nitrogens with one attached hydrogen (secondary N) is 1. The SMILES string of the molecule is CC(C)CNC1CCCN(CC(=O)OC(C)(C)C)C1. The van der Waals surface area contributed by atoms with Crippen molar-refractivity contribution in [3.8, 4) is 0 Å². The third-order valence-corrected chi connectivity index (χ3v) is 3.09. The minimum absolute atomic E-state index is 0.114. The van der Waals surface area contributed by atoms with Crippen molar-refractivity contribution in [1.29, 1.82) is 0 Å². The van der Waals surface area contributed by atoms with Gasteiger partial charge >= 0.3 is 5.97 Å². The van der Waals surface area contributed by atoms with Gasteiger partial charge in [-0.05, 0) is 52.6 Å². The lowest BCUT2D eigenvalue weighted by Gasteiger charge is -2.33. The van der Waals surface area contributed by atoms with Crippen molar-refractivity contribution in [3.63, 3.8) is 0 Å². The predicted octanol–water partition coefficient (Wildman–Crippen LogP) is 2.04. The van der Waals surface area contributed by atoms with Crippen LogP contribution in [0.4, 0.5) is 0 Å². The molecule has 1 N–H and O–H groups in total. The van der Waals surface area contributed by atoms with Crippen molar-refractivity contribution >= 4 is 5.97 Å². The van der Waals surface area contributed by atoms with Crippen LogP contribution in [0.3, 0.4) is 0 Å². The molecule has 0 saturated carbocycles. The Labute approximate surface area is 117 Å². The minimum Gasteiger partial charge on any atom is -0.459 e. The van der Waals surface area contributed by atoms with Crippen LogP contribution in [0.1, 0.15) is 47.5 Å². The number of likely N-dealkylation sites (tertiary alicyclic amines) is 1. The summed E-state index contributed by atoms with van der Waals surface area (Å²) in [5.41, 5.74) is -0.387. The molecule has 1 saturated heterocycles. The lowest BCUT2D eigenvalue weighted by molar-refractivity contribution is -0.156. The molecule has 4 heteroatoms. The summed E-state index contributed by atoms with van der Waals surface area (Å²) in [5.74, 6) is 0.554. The van der Waals surface area contributed by atoms with E-state index in [1.807, 2.05) is 20.8 Å². The van der Waals surface area contributed by atoms with Crippen LogP contribution in [0.5, 0.6) is 0 Å². The monoisotopic (exact) mass is 270 g/mol. The van der Waals surface area contributed by atoms with Gasteiger partial charge < -0.3 is 10.1 Å². The van der Waals surface area contributed by atoms with Crippen LogP contribution in [0.25, 0.3) is 0 Å². The number of carbonyl (C=O) groups excluding carboxylic acids is 1. The van der Waals surface area contributed by atoms with E-state index in [0.29, 0.717) is 18.5 Å². The maximum atomic E-state index is 11.8. The Balaban J connectivity index is 2.32. The maximum absolute atomic E-state index is 11.8. The maximum Gasteiger partial charge on any atom is 0.320 e. The first-order valence-corrected chi connectivity index (χ1v) is 7.44. The normalized spacial score (nSPS) is 21.7. The summed E-state index contributed by atoms with van der Waals surface area (Å²) in [7, 11) is 0. The highest BCUT2D eigenvalue weighted by Gasteiger charge is 2.23. The van der Waals surface area contributed by atoms with Crippen molar-refractivity contribution in [1.82, 2.24) is 10.2 Å². The van der Waals surface area contributed by atoms with Crippen molar-refractivity contribution in [2.45, 2.75) is 59.1 Å². The Morgan fingerprint density at radius 2 is 2.11 bits per heavy atom. The van der Waals surface area contributed by atoms with Crippen LogP contribution < -0.4 is 5.32 Å². The van der Waals surface area contributed by atoms with E-state index in [-0.39, 0.29) is 11.6 Å². The quantitative estimate of drug-likeness (QED) is 0.776. The summed E-state index contributed by atoms with van der Waals surface area (Å²) >= 11 is 0. The van der Waals surface area contributed by atoms with Gasteiger partial charge in [0.15, 0.2) is 0 Å². The van der Waals surface area contributed by atoms with Gasteiger partial charge in [-0.15, -0.1) is 0 Å². The van der Waals surface area contributed by atoms with Crippen LogP contribution in [-0.4, -0.2) is 48.7 Å². The molecule has 0 aromatic rings. The summed E-state index contributed by atoms with van der Waals surface area (Å²) in [4.78, 5) is 14.0. The lowest BCUT2D eigenvalue weighted by Crippen LogP contribution is -2.48. The number of hydrogen-bond donors (Lipinski definition) is 1. The third kappa shape index (κ3) is 7.53. The topological polar surface area (TPSA) is 41.6 Å². The Morgan fingerprint density at radius 1 is 1.42 bits per heavy atom. The second-order valence-corrected chi connectivity index (χ2v) is 6.96. The molecule has 4 nitrogen and oxygen atoms in total. The molecule has 0 amide bonds. The van der Waals surface area contributed by atoms with Gasteiger partial charge in [-0.2, -0.15) is 0 Å². The number of ether oxygens (including phenoxy) is 1. The Hall–Kier alpha value is -0.610. The van der Waals surface area contributed by atoms with Crippen molar-refractivity contribution < 1.29 is 9.53 Å². The molecule has 1 aliphatic rings. The van der Waals surface area contributed by atoms with Crippen molar-refractivity contribution in [2.24, 2.45) is 5.92 Å². The molecule has 19 heavy (non-hydrogen) atoms. The molecule has 1 unspecified atom stereocenters. The highest BCUT2D eigenvalue weighted by Crippen LogP contribution is 2.12. The second kappa shape index (κ2) is 7.25. The molecule has 1 aliphatic heterocycles. The fourth-order valence-electron chi connectivity index (χ4n) is 2.32. The zero-order chi connectivity index (χ0) is 14.5. The van der Waals surface area contributed by atoms with E-state index in [9.17, 15) is 4.79 Å². The number of esters is 1. The molecule has 0 aromatic heterocycles. The molecule has 1 fully saturated rings. The number of nitrogens with zero attached hydrogens (tertiary/aromatic N) is 1. The first-order chi connectivity index (χ1) is 8.76. The summed E-state index contributed by atoms with van der Waals surface area (Å²) in [6.45, 7) is 13.6. The highest BCUT2D eigenvalue weighted by molar-refractivity contribution is 5.72. The Bertz CT molecular complexity index is 284. The van der Waals surface area contributed by atoms with Gasteiger partial charge in [0.2, 0.25) is 0 Å². The molecule has 1 atom stereocenters. The Morgan fingerprint density at radius 3 is 2.68 bits per heavy atom. The molecule has 0 aromatic carbocycles.